The van der Waals surface area contributed by atoms with Crippen LogP contribution in [0.25, 0.3) is 0 Å². The molecule has 7 nitrogen and oxygen atoms in total. The van der Waals surface area contributed by atoms with Gasteiger partial charge in [-0.1, -0.05) is 30.3 Å². The van der Waals surface area contributed by atoms with Crippen LogP contribution in [0.5, 0.6) is 0 Å². The summed E-state index contributed by atoms with van der Waals surface area (Å²) in [6, 6.07) is 10.5. The Labute approximate surface area is 203 Å². The number of carbonyl (C=O) groups excluding carboxylic acids is 1. The molecule has 0 radical (unpaired) electrons. The molecule has 2 saturated heterocycles. The second-order valence-electron chi connectivity index (χ2n) is 8.91. The van der Waals surface area contributed by atoms with Crippen LogP contribution in [0.2, 0.25) is 0 Å². The molecule has 2 fully saturated rings. The topological polar surface area (TPSA) is 82.1 Å². The minimum absolute atomic E-state index is 0. The number of guanidine groups is 1. The molecule has 1 amide bonds. The van der Waals surface area contributed by atoms with Gasteiger partial charge in [0.2, 0.25) is 5.91 Å². The maximum atomic E-state index is 12.7. The van der Waals surface area contributed by atoms with Crippen molar-refractivity contribution in [2.45, 2.75) is 37.9 Å². The van der Waals surface area contributed by atoms with Crippen molar-refractivity contribution >= 4 is 45.7 Å². The lowest BCUT2D eigenvalue weighted by Gasteiger charge is -2.39. The lowest BCUT2D eigenvalue weighted by atomic mass is 9.90. The molecule has 0 saturated carbocycles. The SMILES string of the molecule is CN=C(NCC(=O)N1CCC(Cc2ccccc2)CC1)N1CCS(=O)(=O)C(C)(C)C1.I. The predicted octanol–water partition coefficient (Wildman–Crippen LogP) is 2.17. The fraction of sp³-hybridized carbons (Fsp3) is 0.636. The van der Waals surface area contributed by atoms with Gasteiger partial charge in [0.15, 0.2) is 15.8 Å². The van der Waals surface area contributed by atoms with Gasteiger partial charge in [-0.25, -0.2) is 8.42 Å². The van der Waals surface area contributed by atoms with E-state index in [2.05, 4.69) is 34.6 Å². The van der Waals surface area contributed by atoms with Gasteiger partial charge in [0, 0.05) is 33.2 Å². The van der Waals surface area contributed by atoms with Crippen molar-refractivity contribution in [2.24, 2.45) is 10.9 Å². The predicted molar refractivity (Wildman–Crippen MR) is 136 cm³/mol. The molecular formula is C22H35IN4O3S. The van der Waals surface area contributed by atoms with Crippen LogP contribution in [0, 0.1) is 5.92 Å². The Morgan fingerprint density at radius 2 is 1.77 bits per heavy atom. The van der Waals surface area contributed by atoms with Crippen molar-refractivity contribution in [3.05, 3.63) is 35.9 Å². The lowest BCUT2D eigenvalue weighted by molar-refractivity contribution is -0.131. The largest absolute Gasteiger partial charge is 0.347 e. The van der Waals surface area contributed by atoms with E-state index < -0.39 is 14.6 Å². The molecule has 0 spiro atoms. The monoisotopic (exact) mass is 562 g/mol. The molecule has 0 unspecified atom stereocenters. The summed E-state index contributed by atoms with van der Waals surface area (Å²) < 4.78 is 23.6. The minimum atomic E-state index is -3.11. The molecule has 2 aliphatic heterocycles. The molecule has 9 heteroatoms. The summed E-state index contributed by atoms with van der Waals surface area (Å²) >= 11 is 0. The van der Waals surface area contributed by atoms with E-state index in [9.17, 15) is 13.2 Å². The molecule has 0 bridgehead atoms. The molecule has 1 aromatic rings. The summed E-state index contributed by atoms with van der Waals surface area (Å²) in [6.07, 6.45) is 3.11. The van der Waals surface area contributed by atoms with Crippen LogP contribution >= 0.6 is 24.0 Å². The number of rotatable bonds is 4. The van der Waals surface area contributed by atoms with Crippen molar-refractivity contribution in [2.75, 3.05) is 45.5 Å². The van der Waals surface area contributed by atoms with Crippen LogP contribution in [0.15, 0.2) is 35.3 Å². The number of likely N-dealkylation sites (tertiary alicyclic amines) is 1. The highest BCUT2D eigenvalue weighted by Gasteiger charge is 2.41. The molecule has 1 N–H and O–H groups in total. The van der Waals surface area contributed by atoms with E-state index in [1.54, 1.807) is 20.9 Å². The Kier molecular flexibility index (Phi) is 9.17. The van der Waals surface area contributed by atoms with E-state index in [0.717, 1.165) is 32.4 Å². The Balaban J connectivity index is 0.00000341. The fourth-order valence-corrected chi connectivity index (χ4v) is 5.62. The number of aliphatic imine (C=N–C) groups is 1. The normalized spacial score (nSPS) is 21.3. The number of halogens is 1. The van der Waals surface area contributed by atoms with Crippen molar-refractivity contribution in [3.8, 4) is 0 Å². The fourth-order valence-electron chi connectivity index (χ4n) is 4.26. The van der Waals surface area contributed by atoms with Gasteiger partial charge < -0.3 is 15.1 Å². The Hall–Kier alpha value is -1.36. The average molecular weight is 563 g/mol. The number of carbonyl (C=O) groups is 1. The summed E-state index contributed by atoms with van der Waals surface area (Å²) in [5.41, 5.74) is 1.36. The van der Waals surface area contributed by atoms with Gasteiger partial charge in [-0.2, -0.15) is 0 Å². The average Bonchev–Trinajstić information content (AvgIpc) is 2.72. The smallest absolute Gasteiger partial charge is 0.241 e. The molecule has 31 heavy (non-hydrogen) atoms. The molecule has 2 heterocycles. The Bertz CT molecular complexity index is 866. The van der Waals surface area contributed by atoms with Gasteiger partial charge in [-0.15, -0.1) is 24.0 Å². The molecular weight excluding hydrogens is 527 g/mol. The number of nitrogens with zero attached hydrogens (tertiary/aromatic N) is 3. The van der Waals surface area contributed by atoms with Crippen LogP contribution in [0.1, 0.15) is 32.3 Å². The highest BCUT2D eigenvalue weighted by Crippen LogP contribution is 2.24. The second kappa shape index (κ2) is 11.0. The van der Waals surface area contributed by atoms with Gasteiger partial charge in [0.25, 0.3) is 0 Å². The Morgan fingerprint density at radius 1 is 1.13 bits per heavy atom. The molecule has 174 valence electrons. The van der Waals surface area contributed by atoms with E-state index in [1.807, 2.05) is 15.9 Å². The molecule has 1 aromatic carbocycles. The number of amides is 1. The van der Waals surface area contributed by atoms with Crippen LogP contribution in [-0.2, 0) is 21.1 Å². The zero-order chi connectivity index (χ0) is 21.8. The third-order valence-electron chi connectivity index (χ3n) is 6.29. The standard InChI is InChI=1S/C22H34N4O3S.HI/c1-22(2)17-26(13-14-30(22,28)29)21(23-3)24-16-20(27)25-11-9-19(10-12-25)15-18-7-5-4-6-8-18;/h4-8,19H,9-17H2,1-3H3,(H,23,24);1H. The molecule has 3 rings (SSSR count). The first-order valence-electron chi connectivity index (χ1n) is 10.7. The highest BCUT2D eigenvalue weighted by atomic mass is 127. The number of piperidine rings is 1. The summed E-state index contributed by atoms with van der Waals surface area (Å²) in [5, 5.41) is 3.14. The van der Waals surface area contributed by atoms with Crippen LogP contribution in [0.4, 0.5) is 0 Å². The van der Waals surface area contributed by atoms with E-state index >= 15 is 0 Å². The number of sulfone groups is 1. The number of hydrogen-bond donors (Lipinski definition) is 1. The zero-order valence-corrected chi connectivity index (χ0v) is 21.9. The maximum absolute atomic E-state index is 12.7. The van der Waals surface area contributed by atoms with E-state index in [0.29, 0.717) is 25.0 Å². The van der Waals surface area contributed by atoms with Crippen molar-refractivity contribution in [3.63, 3.8) is 0 Å². The lowest BCUT2D eigenvalue weighted by Crippen LogP contribution is -2.58. The number of nitrogens with one attached hydrogen (secondary N) is 1. The number of benzene rings is 1. The summed E-state index contributed by atoms with van der Waals surface area (Å²) in [4.78, 5) is 20.8. The van der Waals surface area contributed by atoms with Crippen molar-refractivity contribution < 1.29 is 13.2 Å². The highest BCUT2D eigenvalue weighted by molar-refractivity contribution is 14.0. The summed E-state index contributed by atoms with van der Waals surface area (Å²) in [7, 11) is -1.45. The first-order valence-corrected chi connectivity index (χ1v) is 12.4. The van der Waals surface area contributed by atoms with Gasteiger partial charge in [-0.3, -0.25) is 9.79 Å². The first kappa shape index (κ1) is 25.9. The summed E-state index contributed by atoms with van der Waals surface area (Å²) in [5.74, 6) is 1.38. The van der Waals surface area contributed by atoms with E-state index in [1.165, 1.54) is 5.56 Å². The van der Waals surface area contributed by atoms with Gasteiger partial charge in [-0.05, 0) is 44.6 Å². The summed E-state index contributed by atoms with van der Waals surface area (Å²) in [6.45, 7) is 5.99. The second-order valence-corrected chi connectivity index (χ2v) is 11.7. The zero-order valence-electron chi connectivity index (χ0n) is 18.7. The minimum Gasteiger partial charge on any atom is -0.347 e. The molecule has 0 atom stereocenters. The quantitative estimate of drug-likeness (QED) is 0.346. The molecule has 0 aromatic heterocycles. The van der Waals surface area contributed by atoms with E-state index in [4.69, 9.17) is 0 Å². The van der Waals surface area contributed by atoms with Crippen molar-refractivity contribution in [1.82, 2.24) is 15.1 Å². The van der Waals surface area contributed by atoms with Gasteiger partial charge >= 0.3 is 0 Å². The Morgan fingerprint density at radius 3 is 2.35 bits per heavy atom. The first-order chi connectivity index (χ1) is 14.2. The molecule has 0 aliphatic carbocycles. The number of hydrogen-bond acceptors (Lipinski definition) is 4. The molecule has 2 aliphatic rings. The van der Waals surface area contributed by atoms with E-state index in [-0.39, 0.29) is 42.2 Å². The third-order valence-corrected chi connectivity index (χ3v) is 8.82. The van der Waals surface area contributed by atoms with Crippen molar-refractivity contribution in [1.29, 1.82) is 0 Å². The third kappa shape index (κ3) is 6.57. The maximum Gasteiger partial charge on any atom is 0.241 e. The van der Waals surface area contributed by atoms with Crippen LogP contribution in [-0.4, -0.2) is 80.4 Å². The van der Waals surface area contributed by atoms with Crippen LogP contribution in [0.3, 0.4) is 0 Å². The van der Waals surface area contributed by atoms with Gasteiger partial charge in [0.05, 0.1) is 17.0 Å². The van der Waals surface area contributed by atoms with Crippen LogP contribution < -0.4 is 5.32 Å². The van der Waals surface area contributed by atoms with Gasteiger partial charge in [0.1, 0.15) is 0 Å².